The first-order valence-corrected chi connectivity index (χ1v) is 6.15. The summed E-state index contributed by atoms with van der Waals surface area (Å²) in [6.45, 7) is 1.31. The van der Waals surface area contributed by atoms with Gasteiger partial charge in [0.2, 0.25) is 0 Å². The molecule has 0 aromatic heterocycles. The van der Waals surface area contributed by atoms with Crippen molar-refractivity contribution in [1.82, 2.24) is 0 Å². The molecule has 0 saturated heterocycles. The topological polar surface area (TPSA) is 24.7 Å². The Bertz CT molecular complexity index is 310. The van der Waals surface area contributed by atoms with E-state index in [1.54, 1.807) is 0 Å². The number of hydrogen-bond donors (Lipinski definition) is 0. The van der Waals surface area contributed by atoms with E-state index >= 15 is 0 Å². The molecule has 0 spiro atoms. The number of alkyl halides is 2. The van der Waals surface area contributed by atoms with Crippen LogP contribution < -0.4 is 0 Å². The second kappa shape index (κ2) is 8.31. The van der Waals surface area contributed by atoms with Gasteiger partial charge in [-0.2, -0.15) is 0 Å². The fourth-order valence-electron chi connectivity index (χ4n) is 1.11. The Hall–Kier alpha value is -0.860. The second-order valence-electron chi connectivity index (χ2n) is 3.12. The van der Waals surface area contributed by atoms with Crippen LogP contribution in [-0.2, 0) is 0 Å². The maximum absolute atomic E-state index is 5.52. The molecular formula is C12H14Cl2N2. The Balaban J connectivity index is 2.54. The van der Waals surface area contributed by atoms with Gasteiger partial charge in [-0.1, -0.05) is 24.3 Å². The molecule has 1 rings (SSSR count). The van der Waals surface area contributed by atoms with Crippen LogP contribution in [0.3, 0.4) is 0 Å². The molecule has 0 saturated carbocycles. The standard InChI is InChI=1S/C12H14Cl2N2/c13-5-7-15-9-11-1-2-12(4-3-11)10-16-8-6-14/h1-4,9-10H,5-8H2. The average molecular weight is 257 g/mol. The van der Waals surface area contributed by atoms with Gasteiger partial charge in [0, 0.05) is 24.2 Å². The Morgan fingerprint density at radius 3 is 1.50 bits per heavy atom. The molecule has 0 aliphatic carbocycles. The smallest absolute Gasteiger partial charge is 0.0525 e. The number of benzene rings is 1. The highest BCUT2D eigenvalue weighted by atomic mass is 35.5. The van der Waals surface area contributed by atoms with Gasteiger partial charge in [0.1, 0.15) is 0 Å². The van der Waals surface area contributed by atoms with Crippen molar-refractivity contribution >= 4 is 35.6 Å². The first kappa shape index (κ1) is 13.2. The van der Waals surface area contributed by atoms with Crippen LogP contribution in [0.5, 0.6) is 0 Å². The lowest BCUT2D eigenvalue weighted by molar-refractivity contribution is 1.15. The molecule has 2 nitrogen and oxygen atoms in total. The third kappa shape index (κ3) is 5.29. The van der Waals surface area contributed by atoms with Gasteiger partial charge in [-0.05, 0) is 11.1 Å². The Morgan fingerprint density at radius 2 is 1.19 bits per heavy atom. The molecule has 16 heavy (non-hydrogen) atoms. The third-order valence-electron chi connectivity index (χ3n) is 1.84. The van der Waals surface area contributed by atoms with Crippen molar-refractivity contribution in [1.29, 1.82) is 0 Å². The number of halogens is 2. The van der Waals surface area contributed by atoms with Crippen LogP contribution in [0, 0.1) is 0 Å². The zero-order valence-corrected chi connectivity index (χ0v) is 10.5. The average Bonchev–Trinajstić information content (AvgIpc) is 2.32. The summed E-state index contributed by atoms with van der Waals surface area (Å²) in [6, 6.07) is 8.00. The molecule has 0 aliphatic heterocycles. The summed E-state index contributed by atoms with van der Waals surface area (Å²) in [6.07, 6.45) is 3.64. The van der Waals surface area contributed by atoms with E-state index in [9.17, 15) is 0 Å². The lowest BCUT2D eigenvalue weighted by Crippen LogP contribution is -1.88. The van der Waals surface area contributed by atoms with Crippen molar-refractivity contribution < 1.29 is 0 Å². The Labute approximate surface area is 106 Å². The number of hydrogen-bond acceptors (Lipinski definition) is 2. The minimum Gasteiger partial charge on any atom is -0.291 e. The minimum absolute atomic E-state index is 0.555. The summed E-state index contributed by atoms with van der Waals surface area (Å²) in [7, 11) is 0. The van der Waals surface area contributed by atoms with E-state index in [1.165, 1.54) is 0 Å². The fourth-order valence-corrected chi connectivity index (χ4v) is 1.30. The quantitative estimate of drug-likeness (QED) is 0.553. The van der Waals surface area contributed by atoms with Crippen molar-refractivity contribution in [2.75, 3.05) is 24.8 Å². The van der Waals surface area contributed by atoms with E-state index in [-0.39, 0.29) is 0 Å². The van der Waals surface area contributed by atoms with Crippen LogP contribution in [0.4, 0.5) is 0 Å². The molecule has 0 aliphatic rings. The molecular weight excluding hydrogens is 243 g/mol. The Morgan fingerprint density at radius 1 is 0.812 bits per heavy atom. The molecule has 0 heterocycles. The minimum atomic E-state index is 0.555. The van der Waals surface area contributed by atoms with Gasteiger partial charge in [0.25, 0.3) is 0 Å². The predicted molar refractivity (Wildman–Crippen MR) is 72.8 cm³/mol. The molecule has 86 valence electrons. The van der Waals surface area contributed by atoms with Crippen molar-refractivity contribution in [2.45, 2.75) is 0 Å². The maximum Gasteiger partial charge on any atom is 0.0525 e. The molecule has 0 atom stereocenters. The number of rotatable bonds is 6. The normalized spacial score (nSPS) is 11.6. The summed E-state index contributed by atoms with van der Waals surface area (Å²) in [5.41, 5.74) is 2.14. The molecule has 0 N–H and O–H groups in total. The largest absolute Gasteiger partial charge is 0.291 e. The van der Waals surface area contributed by atoms with E-state index in [1.807, 2.05) is 36.7 Å². The van der Waals surface area contributed by atoms with Crippen LogP contribution in [0.15, 0.2) is 34.3 Å². The second-order valence-corrected chi connectivity index (χ2v) is 3.87. The molecule has 0 radical (unpaired) electrons. The summed E-state index contributed by atoms with van der Waals surface area (Å²) in [5, 5.41) is 0. The molecule has 0 amide bonds. The van der Waals surface area contributed by atoms with Crippen LogP contribution in [0.1, 0.15) is 11.1 Å². The van der Waals surface area contributed by atoms with Crippen LogP contribution >= 0.6 is 23.2 Å². The van der Waals surface area contributed by atoms with E-state index in [4.69, 9.17) is 23.2 Å². The first-order chi connectivity index (χ1) is 7.86. The van der Waals surface area contributed by atoms with E-state index in [0.717, 1.165) is 11.1 Å². The van der Waals surface area contributed by atoms with Crippen molar-refractivity contribution in [3.63, 3.8) is 0 Å². The molecule has 0 unspecified atom stereocenters. The number of aliphatic imine (C=N–C) groups is 2. The summed E-state index contributed by atoms with van der Waals surface area (Å²) < 4.78 is 0. The molecule has 0 bridgehead atoms. The van der Waals surface area contributed by atoms with Gasteiger partial charge >= 0.3 is 0 Å². The maximum atomic E-state index is 5.52. The summed E-state index contributed by atoms with van der Waals surface area (Å²) in [5.74, 6) is 1.11. The molecule has 1 aromatic rings. The van der Waals surface area contributed by atoms with Crippen LogP contribution in [0.2, 0.25) is 0 Å². The van der Waals surface area contributed by atoms with Crippen LogP contribution in [-0.4, -0.2) is 37.3 Å². The SMILES string of the molecule is ClCCN=Cc1ccc(C=NCCCl)cc1. The first-order valence-electron chi connectivity index (χ1n) is 5.08. The zero-order chi connectivity index (χ0) is 11.6. The third-order valence-corrected chi connectivity index (χ3v) is 2.18. The lowest BCUT2D eigenvalue weighted by Gasteiger charge is -1.95. The number of nitrogens with zero attached hydrogens (tertiary/aromatic N) is 2. The van der Waals surface area contributed by atoms with E-state index in [0.29, 0.717) is 24.8 Å². The van der Waals surface area contributed by atoms with Gasteiger partial charge in [-0.15, -0.1) is 23.2 Å². The fraction of sp³-hybridized carbons (Fsp3) is 0.333. The van der Waals surface area contributed by atoms with E-state index < -0.39 is 0 Å². The monoisotopic (exact) mass is 256 g/mol. The molecule has 0 fully saturated rings. The van der Waals surface area contributed by atoms with Gasteiger partial charge in [0.05, 0.1) is 13.1 Å². The highest BCUT2D eigenvalue weighted by molar-refractivity contribution is 6.18. The highest BCUT2D eigenvalue weighted by Gasteiger charge is 1.89. The van der Waals surface area contributed by atoms with Crippen molar-refractivity contribution in [3.05, 3.63) is 35.4 Å². The van der Waals surface area contributed by atoms with Gasteiger partial charge < -0.3 is 0 Å². The van der Waals surface area contributed by atoms with Crippen molar-refractivity contribution in [3.8, 4) is 0 Å². The van der Waals surface area contributed by atoms with Crippen LogP contribution in [0.25, 0.3) is 0 Å². The zero-order valence-electron chi connectivity index (χ0n) is 8.94. The Kier molecular flexibility index (Phi) is 6.86. The summed E-state index contributed by atoms with van der Waals surface area (Å²) >= 11 is 11.0. The lowest BCUT2D eigenvalue weighted by atomic mass is 10.1. The molecule has 1 aromatic carbocycles. The van der Waals surface area contributed by atoms with Crippen molar-refractivity contribution in [2.24, 2.45) is 9.98 Å². The van der Waals surface area contributed by atoms with E-state index in [2.05, 4.69) is 9.98 Å². The van der Waals surface area contributed by atoms with Gasteiger partial charge in [0.15, 0.2) is 0 Å². The van der Waals surface area contributed by atoms with Gasteiger partial charge in [-0.3, -0.25) is 9.98 Å². The predicted octanol–water partition coefficient (Wildman–Crippen LogP) is 3.00. The highest BCUT2D eigenvalue weighted by Crippen LogP contribution is 2.00. The van der Waals surface area contributed by atoms with Gasteiger partial charge in [-0.25, -0.2) is 0 Å². The summed E-state index contributed by atoms with van der Waals surface area (Å²) in [4.78, 5) is 8.31. The molecule has 4 heteroatoms.